The van der Waals surface area contributed by atoms with Crippen molar-refractivity contribution >= 4 is 24.7 Å². The first-order valence-corrected chi connectivity index (χ1v) is 9.47. The van der Waals surface area contributed by atoms with Crippen molar-refractivity contribution in [2.24, 2.45) is 0 Å². The van der Waals surface area contributed by atoms with E-state index in [1.54, 1.807) is 24.3 Å². The standard InChI is InChI=1S/C21H27NO5S/c1-4-6-16(7-5-2)14-27-21(25)22-19(20(24)26-8-9-28)13-17-10-15(3)11-18(23)12-17/h4-7,10-12,19,23,28H,1,8-9,13-14H2,2-3H3,(H,22,25)/b7-5-,16-6+/t19-/m0/s1. The van der Waals surface area contributed by atoms with Crippen LogP contribution in [0.3, 0.4) is 0 Å². The highest BCUT2D eigenvalue weighted by Gasteiger charge is 2.24. The minimum Gasteiger partial charge on any atom is -0.508 e. The highest BCUT2D eigenvalue weighted by Crippen LogP contribution is 2.17. The van der Waals surface area contributed by atoms with Crippen molar-refractivity contribution in [2.75, 3.05) is 19.0 Å². The number of benzene rings is 1. The zero-order valence-electron chi connectivity index (χ0n) is 16.2. The van der Waals surface area contributed by atoms with Crippen molar-refractivity contribution in [3.05, 3.63) is 65.8 Å². The van der Waals surface area contributed by atoms with Crippen LogP contribution >= 0.6 is 12.6 Å². The molecular formula is C21H27NO5S. The average Bonchev–Trinajstić information content (AvgIpc) is 2.63. The molecule has 1 atom stereocenters. The first-order chi connectivity index (χ1) is 13.4. The van der Waals surface area contributed by atoms with Crippen LogP contribution in [0.4, 0.5) is 4.79 Å². The molecule has 0 heterocycles. The molecule has 0 aliphatic rings. The molecule has 0 aliphatic carbocycles. The lowest BCUT2D eigenvalue weighted by molar-refractivity contribution is -0.145. The van der Waals surface area contributed by atoms with Gasteiger partial charge in [-0.2, -0.15) is 12.6 Å². The second-order valence-electron chi connectivity index (χ2n) is 6.02. The van der Waals surface area contributed by atoms with Gasteiger partial charge in [0.2, 0.25) is 0 Å². The summed E-state index contributed by atoms with van der Waals surface area (Å²) in [5.74, 6) is -0.138. The summed E-state index contributed by atoms with van der Waals surface area (Å²) in [6, 6.07) is 4.01. The molecule has 1 rings (SSSR count). The number of hydrogen-bond acceptors (Lipinski definition) is 6. The predicted molar refractivity (Wildman–Crippen MR) is 113 cm³/mol. The van der Waals surface area contributed by atoms with E-state index in [4.69, 9.17) is 9.47 Å². The number of phenolic OH excluding ortho intramolecular Hbond substituents is 1. The molecule has 0 unspecified atom stereocenters. The van der Waals surface area contributed by atoms with Gasteiger partial charge in [0, 0.05) is 12.2 Å². The zero-order valence-corrected chi connectivity index (χ0v) is 17.1. The van der Waals surface area contributed by atoms with E-state index >= 15 is 0 Å². The van der Waals surface area contributed by atoms with Crippen molar-refractivity contribution in [1.29, 1.82) is 0 Å². The van der Waals surface area contributed by atoms with Crippen LogP contribution in [0.1, 0.15) is 18.1 Å². The van der Waals surface area contributed by atoms with Gasteiger partial charge in [-0.25, -0.2) is 9.59 Å². The van der Waals surface area contributed by atoms with Crippen LogP contribution in [-0.4, -0.2) is 42.2 Å². The summed E-state index contributed by atoms with van der Waals surface area (Å²) in [4.78, 5) is 24.5. The van der Waals surface area contributed by atoms with Gasteiger partial charge in [0.1, 0.15) is 25.0 Å². The van der Waals surface area contributed by atoms with Crippen molar-refractivity contribution in [1.82, 2.24) is 5.32 Å². The van der Waals surface area contributed by atoms with Crippen LogP contribution in [-0.2, 0) is 20.7 Å². The van der Waals surface area contributed by atoms with Crippen LogP contribution in [0.5, 0.6) is 5.75 Å². The van der Waals surface area contributed by atoms with E-state index in [0.717, 1.165) is 11.1 Å². The summed E-state index contributed by atoms with van der Waals surface area (Å²) in [7, 11) is 0. The monoisotopic (exact) mass is 405 g/mol. The average molecular weight is 406 g/mol. The fraction of sp³-hybridized carbons (Fsp3) is 0.333. The lowest BCUT2D eigenvalue weighted by Crippen LogP contribution is -2.44. The van der Waals surface area contributed by atoms with Crippen LogP contribution in [0.25, 0.3) is 0 Å². The number of carbonyl (C=O) groups is 2. The SMILES string of the molecule is C=C/C=C(\C=C/C)COC(=O)N[C@@H](Cc1cc(C)cc(O)c1)C(=O)OCCS. The number of nitrogens with one attached hydrogen (secondary N) is 1. The van der Waals surface area contributed by atoms with Crippen molar-refractivity contribution in [3.8, 4) is 5.75 Å². The number of aromatic hydroxyl groups is 1. The Labute approximate surface area is 171 Å². The molecule has 0 radical (unpaired) electrons. The third kappa shape index (κ3) is 8.81. The van der Waals surface area contributed by atoms with Crippen LogP contribution in [0, 0.1) is 6.92 Å². The molecule has 0 fully saturated rings. The van der Waals surface area contributed by atoms with Crippen molar-refractivity contribution in [3.63, 3.8) is 0 Å². The number of rotatable bonds is 10. The minimum atomic E-state index is -0.956. The molecule has 2 N–H and O–H groups in total. The maximum atomic E-state index is 12.3. The number of ether oxygens (including phenoxy) is 2. The number of phenols is 1. The number of alkyl carbamates (subject to hydrolysis) is 1. The largest absolute Gasteiger partial charge is 0.508 e. The van der Waals surface area contributed by atoms with Gasteiger partial charge >= 0.3 is 12.1 Å². The number of carbonyl (C=O) groups excluding carboxylic acids is 2. The first-order valence-electron chi connectivity index (χ1n) is 8.84. The highest BCUT2D eigenvalue weighted by atomic mass is 32.1. The second-order valence-corrected chi connectivity index (χ2v) is 6.47. The highest BCUT2D eigenvalue weighted by molar-refractivity contribution is 7.80. The van der Waals surface area contributed by atoms with Gasteiger partial charge in [-0.05, 0) is 42.7 Å². The molecule has 0 saturated carbocycles. The van der Waals surface area contributed by atoms with Gasteiger partial charge in [-0.15, -0.1) is 0 Å². The van der Waals surface area contributed by atoms with E-state index in [1.165, 1.54) is 6.07 Å². The second kappa shape index (κ2) is 12.7. The Kier molecular flexibility index (Phi) is 10.6. The molecule has 28 heavy (non-hydrogen) atoms. The van der Waals surface area contributed by atoms with E-state index in [1.807, 2.05) is 26.0 Å². The Morgan fingerprint density at radius 2 is 2.07 bits per heavy atom. The molecular weight excluding hydrogens is 378 g/mol. The van der Waals surface area contributed by atoms with Gasteiger partial charge in [-0.3, -0.25) is 0 Å². The molecule has 152 valence electrons. The van der Waals surface area contributed by atoms with Gasteiger partial charge in [0.25, 0.3) is 0 Å². The number of amides is 1. The van der Waals surface area contributed by atoms with Gasteiger partial charge < -0.3 is 19.9 Å². The summed E-state index contributed by atoms with van der Waals surface area (Å²) >= 11 is 4.01. The minimum absolute atomic E-state index is 0.0336. The number of allylic oxidation sites excluding steroid dienone is 3. The predicted octanol–water partition coefficient (Wildman–Crippen LogP) is 3.50. The molecule has 0 aromatic heterocycles. The maximum absolute atomic E-state index is 12.3. The third-order valence-corrected chi connectivity index (χ3v) is 3.74. The van der Waals surface area contributed by atoms with E-state index in [0.29, 0.717) is 11.3 Å². The smallest absolute Gasteiger partial charge is 0.408 e. The van der Waals surface area contributed by atoms with E-state index in [-0.39, 0.29) is 25.4 Å². The molecule has 0 aliphatic heterocycles. The van der Waals surface area contributed by atoms with E-state index < -0.39 is 18.1 Å². The molecule has 6 nitrogen and oxygen atoms in total. The fourth-order valence-electron chi connectivity index (χ4n) is 2.48. The summed E-state index contributed by atoms with van der Waals surface area (Å²) in [5.41, 5.74) is 2.28. The zero-order chi connectivity index (χ0) is 20.9. The molecule has 1 amide bonds. The Hall–Kier alpha value is -2.67. The lowest BCUT2D eigenvalue weighted by atomic mass is 10.0. The first kappa shape index (κ1) is 23.4. The lowest BCUT2D eigenvalue weighted by Gasteiger charge is -2.18. The van der Waals surface area contributed by atoms with Gasteiger partial charge in [0.05, 0.1) is 0 Å². The van der Waals surface area contributed by atoms with Gasteiger partial charge in [-0.1, -0.05) is 36.9 Å². The molecule has 0 bridgehead atoms. The Bertz CT molecular complexity index is 722. The van der Waals surface area contributed by atoms with Gasteiger partial charge in [0.15, 0.2) is 0 Å². The number of thiol groups is 1. The Morgan fingerprint density at radius 1 is 1.32 bits per heavy atom. The number of esters is 1. The third-order valence-electron chi connectivity index (χ3n) is 3.56. The summed E-state index contributed by atoms with van der Waals surface area (Å²) in [5, 5.41) is 12.3. The Morgan fingerprint density at radius 3 is 2.68 bits per heavy atom. The van der Waals surface area contributed by atoms with E-state index in [9.17, 15) is 14.7 Å². The van der Waals surface area contributed by atoms with Crippen LogP contribution in [0.15, 0.2) is 54.7 Å². The normalized spacial score (nSPS) is 12.5. The van der Waals surface area contributed by atoms with Crippen molar-refractivity contribution < 1.29 is 24.2 Å². The quantitative estimate of drug-likeness (QED) is 0.315. The van der Waals surface area contributed by atoms with Crippen LogP contribution in [0.2, 0.25) is 0 Å². The summed E-state index contributed by atoms with van der Waals surface area (Å²) in [6.07, 6.45) is 6.34. The number of aryl methyl sites for hydroxylation is 1. The fourth-order valence-corrected chi connectivity index (χ4v) is 2.58. The topological polar surface area (TPSA) is 84.9 Å². The molecule has 0 spiro atoms. The maximum Gasteiger partial charge on any atom is 0.408 e. The summed E-state index contributed by atoms with van der Waals surface area (Å²) in [6.45, 7) is 7.45. The Balaban J connectivity index is 2.83. The number of hydrogen-bond donors (Lipinski definition) is 3. The van der Waals surface area contributed by atoms with Crippen LogP contribution < -0.4 is 5.32 Å². The van der Waals surface area contributed by atoms with Crippen molar-refractivity contribution in [2.45, 2.75) is 26.3 Å². The summed E-state index contributed by atoms with van der Waals surface area (Å²) < 4.78 is 10.3. The molecule has 7 heteroatoms. The molecule has 0 saturated heterocycles. The molecule has 1 aromatic rings. The van der Waals surface area contributed by atoms with E-state index in [2.05, 4.69) is 24.5 Å². The molecule has 1 aromatic carbocycles.